The summed E-state index contributed by atoms with van der Waals surface area (Å²) in [6.07, 6.45) is 4.03. The van der Waals surface area contributed by atoms with Gasteiger partial charge in [0.1, 0.15) is 0 Å². The number of nitrogens with two attached hydrogens (primary N) is 1. The Bertz CT molecular complexity index is 459. The van der Waals surface area contributed by atoms with Crippen LogP contribution in [0.25, 0.3) is 11.1 Å². The third-order valence-corrected chi connectivity index (χ3v) is 2.39. The van der Waals surface area contributed by atoms with Crippen LogP contribution in [0.15, 0.2) is 16.8 Å². The fraction of sp³-hybridized carbons (Fsp3) is 0.333. The molecule has 13 heavy (non-hydrogen) atoms. The fourth-order valence-electron chi connectivity index (χ4n) is 1.49. The van der Waals surface area contributed by atoms with E-state index in [9.17, 15) is 0 Å². The molecule has 0 bridgehead atoms. The summed E-state index contributed by atoms with van der Waals surface area (Å²) in [5.41, 5.74) is 8.14. The fourth-order valence-corrected chi connectivity index (χ4v) is 1.49. The number of nitrogen functional groups attached to an aromatic ring is 1. The Morgan fingerprint density at radius 1 is 1.46 bits per heavy atom. The first-order valence-electron chi connectivity index (χ1n) is 4.35. The van der Waals surface area contributed by atoms with Gasteiger partial charge in [0, 0.05) is 17.3 Å². The maximum atomic E-state index is 5.83. The summed E-state index contributed by atoms with van der Waals surface area (Å²) < 4.78 is 4.98. The van der Waals surface area contributed by atoms with E-state index in [1.165, 1.54) is 12.8 Å². The molecular formula is C9H9N3O. The molecule has 0 spiro atoms. The molecule has 0 amide bonds. The molecule has 66 valence electrons. The lowest BCUT2D eigenvalue weighted by molar-refractivity contribution is 0.448. The number of pyridine rings is 1. The van der Waals surface area contributed by atoms with Crippen molar-refractivity contribution in [1.82, 2.24) is 10.1 Å². The van der Waals surface area contributed by atoms with Crippen LogP contribution in [0, 0.1) is 0 Å². The molecule has 1 aliphatic carbocycles. The van der Waals surface area contributed by atoms with Gasteiger partial charge >= 0.3 is 0 Å². The van der Waals surface area contributed by atoms with Gasteiger partial charge in [0.25, 0.3) is 5.71 Å². The van der Waals surface area contributed by atoms with Gasteiger partial charge in [-0.25, -0.2) is 4.98 Å². The van der Waals surface area contributed by atoms with Crippen molar-refractivity contribution < 1.29 is 4.52 Å². The van der Waals surface area contributed by atoms with Gasteiger partial charge in [-0.15, -0.1) is 0 Å². The highest BCUT2D eigenvalue weighted by atomic mass is 16.5. The first-order chi connectivity index (χ1) is 6.34. The lowest BCUT2D eigenvalue weighted by Crippen LogP contribution is -1.92. The van der Waals surface area contributed by atoms with Crippen molar-refractivity contribution in [3.8, 4) is 0 Å². The summed E-state index contributed by atoms with van der Waals surface area (Å²) in [4.78, 5) is 4.35. The molecule has 0 unspecified atom stereocenters. The first kappa shape index (κ1) is 6.88. The SMILES string of the molecule is Nc1cc(C2CC2)nc2oncc12. The van der Waals surface area contributed by atoms with E-state index in [1.54, 1.807) is 6.20 Å². The van der Waals surface area contributed by atoms with Crippen molar-refractivity contribution in [1.29, 1.82) is 0 Å². The molecule has 1 fully saturated rings. The highest BCUT2D eigenvalue weighted by molar-refractivity contribution is 5.85. The van der Waals surface area contributed by atoms with Crippen molar-refractivity contribution in [3.63, 3.8) is 0 Å². The van der Waals surface area contributed by atoms with Crippen LogP contribution in [-0.4, -0.2) is 10.1 Å². The van der Waals surface area contributed by atoms with Crippen molar-refractivity contribution >= 4 is 16.8 Å². The second kappa shape index (κ2) is 2.22. The zero-order valence-corrected chi connectivity index (χ0v) is 7.03. The van der Waals surface area contributed by atoms with Crippen LogP contribution in [0.1, 0.15) is 24.5 Å². The minimum Gasteiger partial charge on any atom is -0.398 e. The Morgan fingerprint density at radius 2 is 2.31 bits per heavy atom. The van der Waals surface area contributed by atoms with Gasteiger partial charge in [-0.2, -0.15) is 0 Å². The van der Waals surface area contributed by atoms with Crippen molar-refractivity contribution in [2.24, 2.45) is 0 Å². The van der Waals surface area contributed by atoms with Gasteiger partial charge in [0.15, 0.2) is 0 Å². The van der Waals surface area contributed by atoms with E-state index in [1.807, 2.05) is 6.07 Å². The third kappa shape index (κ3) is 0.983. The summed E-state index contributed by atoms with van der Waals surface area (Å²) in [6.45, 7) is 0. The van der Waals surface area contributed by atoms with Gasteiger partial charge in [-0.1, -0.05) is 5.16 Å². The monoisotopic (exact) mass is 175 g/mol. The lowest BCUT2D eigenvalue weighted by Gasteiger charge is -1.98. The molecule has 2 N–H and O–H groups in total. The van der Waals surface area contributed by atoms with Crippen LogP contribution >= 0.6 is 0 Å². The van der Waals surface area contributed by atoms with Gasteiger partial charge in [0.05, 0.1) is 11.6 Å². The van der Waals surface area contributed by atoms with Crippen LogP contribution in [0.4, 0.5) is 5.69 Å². The van der Waals surface area contributed by atoms with Gasteiger partial charge in [-0.3, -0.25) is 0 Å². The molecule has 2 heterocycles. The molecule has 0 radical (unpaired) electrons. The molecule has 0 aromatic carbocycles. The standard InChI is InChI=1S/C9H9N3O/c10-7-3-8(5-1-2-5)12-9-6(7)4-11-13-9/h3-5H,1-2H2,(H2,10,12). The largest absolute Gasteiger partial charge is 0.398 e. The number of hydrogen-bond donors (Lipinski definition) is 1. The van der Waals surface area contributed by atoms with Crippen molar-refractivity contribution in [2.45, 2.75) is 18.8 Å². The van der Waals surface area contributed by atoms with E-state index in [-0.39, 0.29) is 0 Å². The number of fused-ring (bicyclic) bond motifs is 1. The molecule has 2 aromatic heterocycles. The van der Waals surface area contributed by atoms with E-state index in [4.69, 9.17) is 10.3 Å². The molecule has 0 atom stereocenters. The topological polar surface area (TPSA) is 64.9 Å². The maximum absolute atomic E-state index is 5.83. The molecule has 1 saturated carbocycles. The summed E-state index contributed by atoms with van der Waals surface area (Å²) in [5, 5.41) is 4.48. The highest BCUT2D eigenvalue weighted by Crippen LogP contribution is 2.40. The van der Waals surface area contributed by atoms with E-state index in [0.717, 1.165) is 11.1 Å². The van der Waals surface area contributed by atoms with E-state index in [2.05, 4.69) is 10.1 Å². The first-order valence-corrected chi connectivity index (χ1v) is 4.35. The number of aromatic nitrogens is 2. The Morgan fingerprint density at radius 3 is 3.08 bits per heavy atom. The Balaban J connectivity index is 2.27. The summed E-state index contributed by atoms with van der Waals surface area (Å²) >= 11 is 0. The maximum Gasteiger partial charge on any atom is 0.259 e. The Kier molecular flexibility index (Phi) is 1.17. The van der Waals surface area contributed by atoms with E-state index >= 15 is 0 Å². The zero-order chi connectivity index (χ0) is 8.84. The number of anilines is 1. The second-order valence-corrected chi connectivity index (χ2v) is 3.46. The van der Waals surface area contributed by atoms with Crippen molar-refractivity contribution in [3.05, 3.63) is 18.0 Å². The van der Waals surface area contributed by atoms with Gasteiger partial charge in [-0.05, 0) is 18.9 Å². The molecule has 1 aliphatic rings. The number of rotatable bonds is 1. The zero-order valence-electron chi connectivity index (χ0n) is 7.03. The number of hydrogen-bond acceptors (Lipinski definition) is 4. The minimum absolute atomic E-state index is 0.557. The van der Waals surface area contributed by atoms with Crippen LogP contribution in [-0.2, 0) is 0 Å². The van der Waals surface area contributed by atoms with Crippen molar-refractivity contribution in [2.75, 3.05) is 5.73 Å². The second-order valence-electron chi connectivity index (χ2n) is 3.46. The molecule has 0 aliphatic heterocycles. The van der Waals surface area contributed by atoms with Gasteiger partial charge in [0.2, 0.25) is 0 Å². The summed E-state index contributed by atoms with van der Waals surface area (Å²) in [6, 6.07) is 1.93. The molecule has 2 aromatic rings. The summed E-state index contributed by atoms with van der Waals surface area (Å²) in [5.74, 6) is 0.594. The Labute approximate surface area is 74.7 Å². The molecule has 4 nitrogen and oxygen atoms in total. The van der Waals surface area contributed by atoms with Crippen LogP contribution < -0.4 is 5.73 Å². The predicted molar refractivity (Wildman–Crippen MR) is 48.2 cm³/mol. The van der Waals surface area contributed by atoms with E-state index in [0.29, 0.717) is 17.3 Å². The predicted octanol–water partition coefficient (Wildman–Crippen LogP) is 1.68. The highest BCUT2D eigenvalue weighted by Gasteiger charge is 2.26. The van der Waals surface area contributed by atoms with Gasteiger partial charge < -0.3 is 10.3 Å². The third-order valence-electron chi connectivity index (χ3n) is 2.39. The Hall–Kier alpha value is -1.58. The lowest BCUT2D eigenvalue weighted by atomic mass is 10.2. The number of nitrogens with zero attached hydrogens (tertiary/aromatic N) is 2. The molecule has 4 heteroatoms. The van der Waals surface area contributed by atoms with E-state index < -0.39 is 0 Å². The quantitative estimate of drug-likeness (QED) is 0.716. The minimum atomic E-state index is 0.557. The average Bonchev–Trinajstić information content (AvgIpc) is 2.85. The smallest absolute Gasteiger partial charge is 0.259 e. The molecule has 0 saturated heterocycles. The van der Waals surface area contributed by atoms with Crippen LogP contribution in [0.2, 0.25) is 0 Å². The average molecular weight is 175 g/mol. The molecule has 3 rings (SSSR count). The van der Waals surface area contributed by atoms with Crippen LogP contribution in [0.5, 0.6) is 0 Å². The normalized spacial score (nSPS) is 16.6. The molecular weight excluding hydrogens is 166 g/mol. The van der Waals surface area contributed by atoms with Crippen LogP contribution in [0.3, 0.4) is 0 Å². The summed E-state index contributed by atoms with van der Waals surface area (Å²) in [7, 11) is 0.